The number of hydrogen-bond donors (Lipinski definition) is 2. The van der Waals surface area contributed by atoms with Crippen LogP contribution in [0.4, 0.5) is 5.69 Å². The van der Waals surface area contributed by atoms with E-state index in [1.165, 1.54) is 23.9 Å². The highest BCUT2D eigenvalue weighted by Gasteiger charge is 2.25. The van der Waals surface area contributed by atoms with Crippen LogP contribution in [0.15, 0.2) is 78.9 Å². The van der Waals surface area contributed by atoms with Crippen LogP contribution < -0.4 is 10.6 Å². The number of nitro benzene ring substituents is 1. The molecule has 38 heavy (non-hydrogen) atoms. The van der Waals surface area contributed by atoms with Gasteiger partial charge in [0.15, 0.2) is 6.61 Å². The number of nitro groups is 1. The molecule has 1 atom stereocenters. The standard InChI is InChI=1S/C27H26ClN3O6S/c1-38-15-14-22(29-26(33)20-12-13-21(28)23(16-20)31(35)36)27(34)37-17-24(32)30-25(18-8-4-2-5-9-18)19-10-6-3-7-11-19/h2-13,16,22,25H,14-15,17H2,1H3,(H,29,33)(H,30,32)/t22-/m1/s1. The van der Waals surface area contributed by atoms with Crippen LogP contribution in [0.2, 0.25) is 5.02 Å². The van der Waals surface area contributed by atoms with Gasteiger partial charge in [-0.1, -0.05) is 72.3 Å². The van der Waals surface area contributed by atoms with Gasteiger partial charge in [-0.15, -0.1) is 0 Å². The lowest BCUT2D eigenvalue weighted by atomic mass is 9.99. The Balaban J connectivity index is 1.66. The Hall–Kier alpha value is -3.89. The molecule has 11 heteroatoms. The number of nitrogens with one attached hydrogen (secondary N) is 2. The molecule has 3 rings (SSSR count). The maximum Gasteiger partial charge on any atom is 0.329 e. The molecule has 0 bridgehead atoms. The number of nitrogens with zero attached hydrogens (tertiary/aromatic N) is 1. The predicted molar refractivity (Wildman–Crippen MR) is 146 cm³/mol. The second kappa shape index (κ2) is 14.2. The van der Waals surface area contributed by atoms with Crippen molar-refractivity contribution in [2.24, 2.45) is 0 Å². The van der Waals surface area contributed by atoms with E-state index in [-0.39, 0.29) is 17.0 Å². The van der Waals surface area contributed by atoms with Crippen LogP contribution in [-0.2, 0) is 14.3 Å². The first-order valence-corrected chi connectivity index (χ1v) is 13.4. The van der Waals surface area contributed by atoms with Crippen molar-refractivity contribution in [2.75, 3.05) is 18.6 Å². The molecular weight excluding hydrogens is 530 g/mol. The molecule has 0 unspecified atom stereocenters. The van der Waals surface area contributed by atoms with E-state index in [9.17, 15) is 24.5 Å². The van der Waals surface area contributed by atoms with E-state index in [4.69, 9.17) is 16.3 Å². The molecule has 3 aromatic carbocycles. The van der Waals surface area contributed by atoms with Gasteiger partial charge in [-0.25, -0.2) is 4.79 Å². The molecule has 198 valence electrons. The van der Waals surface area contributed by atoms with E-state index in [0.29, 0.717) is 5.75 Å². The van der Waals surface area contributed by atoms with Crippen molar-refractivity contribution in [3.63, 3.8) is 0 Å². The quantitative estimate of drug-likeness (QED) is 0.191. The summed E-state index contributed by atoms with van der Waals surface area (Å²) in [6.07, 6.45) is 2.08. The minimum Gasteiger partial charge on any atom is -0.454 e. The molecule has 0 heterocycles. The van der Waals surface area contributed by atoms with Gasteiger partial charge in [-0.05, 0) is 41.7 Å². The highest BCUT2D eigenvalue weighted by molar-refractivity contribution is 7.98. The van der Waals surface area contributed by atoms with Crippen LogP contribution in [0.5, 0.6) is 0 Å². The van der Waals surface area contributed by atoms with E-state index in [0.717, 1.165) is 17.2 Å². The van der Waals surface area contributed by atoms with Crippen molar-refractivity contribution in [1.82, 2.24) is 10.6 Å². The van der Waals surface area contributed by atoms with Crippen molar-refractivity contribution in [3.05, 3.63) is 111 Å². The molecule has 2 N–H and O–H groups in total. The molecular formula is C27H26ClN3O6S. The summed E-state index contributed by atoms with van der Waals surface area (Å²) in [5.41, 5.74) is 1.26. The smallest absolute Gasteiger partial charge is 0.329 e. The van der Waals surface area contributed by atoms with Gasteiger partial charge >= 0.3 is 5.97 Å². The Kier molecular flexibility index (Phi) is 10.7. The van der Waals surface area contributed by atoms with Gasteiger partial charge < -0.3 is 15.4 Å². The summed E-state index contributed by atoms with van der Waals surface area (Å²) in [6, 6.07) is 20.9. The van der Waals surface area contributed by atoms with Crippen LogP contribution in [0, 0.1) is 10.1 Å². The van der Waals surface area contributed by atoms with Crippen molar-refractivity contribution >= 4 is 46.8 Å². The van der Waals surface area contributed by atoms with Crippen LogP contribution in [0.3, 0.4) is 0 Å². The largest absolute Gasteiger partial charge is 0.454 e. The highest BCUT2D eigenvalue weighted by atomic mass is 35.5. The van der Waals surface area contributed by atoms with E-state index in [2.05, 4.69) is 10.6 Å². The Labute approximate surface area is 229 Å². The number of ether oxygens (including phenoxy) is 1. The number of carbonyl (C=O) groups excluding carboxylic acids is 3. The predicted octanol–water partition coefficient (Wildman–Crippen LogP) is 4.55. The average Bonchev–Trinajstić information content (AvgIpc) is 2.93. The van der Waals surface area contributed by atoms with Gasteiger partial charge in [0.2, 0.25) is 0 Å². The Morgan fingerprint density at radius 2 is 1.58 bits per heavy atom. The fourth-order valence-corrected chi connectivity index (χ4v) is 4.27. The Bertz CT molecular complexity index is 1240. The zero-order valence-corrected chi connectivity index (χ0v) is 22.0. The zero-order chi connectivity index (χ0) is 27.5. The van der Waals surface area contributed by atoms with E-state index < -0.39 is 47.1 Å². The second-order valence-electron chi connectivity index (χ2n) is 8.16. The van der Waals surface area contributed by atoms with Gasteiger partial charge in [0.05, 0.1) is 11.0 Å². The molecule has 0 radical (unpaired) electrons. The van der Waals surface area contributed by atoms with E-state index >= 15 is 0 Å². The zero-order valence-electron chi connectivity index (χ0n) is 20.5. The van der Waals surface area contributed by atoms with Gasteiger partial charge in [-0.3, -0.25) is 19.7 Å². The van der Waals surface area contributed by atoms with Crippen molar-refractivity contribution in [3.8, 4) is 0 Å². The highest BCUT2D eigenvalue weighted by Crippen LogP contribution is 2.25. The topological polar surface area (TPSA) is 128 Å². The molecule has 0 saturated heterocycles. The summed E-state index contributed by atoms with van der Waals surface area (Å²) < 4.78 is 5.25. The first kappa shape index (κ1) is 28.7. The van der Waals surface area contributed by atoms with Gasteiger partial charge in [0, 0.05) is 11.6 Å². The third-order valence-electron chi connectivity index (χ3n) is 5.52. The molecule has 9 nitrogen and oxygen atoms in total. The van der Waals surface area contributed by atoms with Gasteiger partial charge in [0.25, 0.3) is 17.5 Å². The minimum atomic E-state index is -1.06. The first-order valence-electron chi connectivity index (χ1n) is 11.6. The second-order valence-corrected chi connectivity index (χ2v) is 9.55. The maximum absolute atomic E-state index is 12.8. The van der Waals surface area contributed by atoms with Gasteiger partial charge in [-0.2, -0.15) is 11.8 Å². The van der Waals surface area contributed by atoms with Crippen LogP contribution in [0.25, 0.3) is 0 Å². The lowest BCUT2D eigenvalue weighted by Gasteiger charge is -2.21. The summed E-state index contributed by atoms with van der Waals surface area (Å²) in [4.78, 5) is 48.8. The fraction of sp³-hybridized carbons (Fsp3) is 0.222. The molecule has 0 aliphatic carbocycles. The molecule has 0 aromatic heterocycles. The molecule has 0 saturated carbocycles. The summed E-state index contributed by atoms with van der Waals surface area (Å²) in [5, 5.41) is 16.5. The van der Waals surface area contributed by atoms with E-state index in [1.807, 2.05) is 66.9 Å². The van der Waals surface area contributed by atoms with Crippen LogP contribution in [-0.4, -0.2) is 47.4 Å². The van der Waals surface area contributed by atoms with Crippen molar-refractivity contribution in [1.29, 1.82) is 0 Å². The molecule has 2 amide bonds. The number of hydrogen-bond acceptors (Lipinski definition) is 7. The minimum absolute atomic E-state index is 0.0330. The normalized spacial score (nSPS) is 11.4. The molecule has 0 fully saturated rings. The SMILES string of the molecule is CSCC[C@@H](NC(=O)c1ccc(Cl)c([N+](=O)[O-])c1)C(=O)OCC(=O)NC(c1ccccc1)c1ccccc1. The summed E-state index contributed by atoms with van der Waals surface area (Å²) in [7, 11) is 0. The lowest BCUT2D eigenvalue weighted by Crippen LogP contribution is -2.43. The Morgan fingerprint density at radius 3 is 2.13 bits per heavy atom. The number of rotatable bonds is 12. The molecule has 0 aliphatic heterocycles. The van der Waals surface area contributed by atoms with Crippen LogP contribution >= 0.6 is 23.4 Å². The van der Waals surface area contributed by atoms with E-state index in [1.54, 1.807) is 0 Å². The van der Waals surface area contributed by atoms with Crippen molar-refractivity contribution in [2.45, 2.75) is 18.5 Å². The first-order chi connectivity index (χ1) is 18.3. The summed E-state index contributed by atoms with van der Waals surface area (Å²) >= 11 is 7.28. The summed E-state index contributed by atoms with van der Waals surface area (Å²) in [6.45, 7) is -0.549. The third kappa shape index (κ3) is 8.06. The number of esters is 1. The number of benzene rings is 3. The third-order valence-corrected chi connectivity index (χ3v) is 6.49. The molecule has 3 aromatic rings. The van der Waals surface area contributed by atoms with Gasteiger partial charge in [0.1, 0.15) is 11.1 Å². The number of thioether (sulfide) groups is 1. The van der Waals surface area contributed by atoms with Crippen molar-refractivity contribution < 1.29 is 24.0 Å². The number of amides is 2. The molecule has 0 spiro atoms. The number of carbonyl (C=O) groups is 3. The average molecular weight is 556 g/mol. The summed E-state index contributed by atoms with van der Waals surface area (Å²) in [5.74, 6) is -1.48. The number of halogens is 1. The fourth-order valence-electron chi connectivity index (χ4n) is 3.61. The monoisotopic (exact) mass is 555 g/mol. The Morgan fingerprint density at radius 1 is 0.974 bits per heavy atom. The van der Waals surface area contributed by atoms with Crippen LogP contribution in [0.1, 0.15) is 33.9 Å². The molecule has 0 aliphatic rings. The maximum atomic E-state index is 12.8. The lowest BCUT2D eigenvalue weighted by molar-refractivity contribution is -0.384.